The summed E-state index contributed by atoms with van der Waals surface area (Å²) in [6, 6.07) is 21.2. The minimum absolute atomic E-state index is 0.202. The Morgan fingerprint density at radius 1 is 0.963 bits per heavy atom. The van der Waals surface area contributed by atoms with Crippen LogP contribution in [0.1, 0.15) is 5.56 Å². The zero-order valence-corrected chi connectivity index (χ0v) is 14.1. The number of tetrazole rings is 1. The molecule has 4 aromatic rings. The third kappa shape index (κ3) is 3.05. The Bertz CT molecular complexity index is 1100. The van der Waals surface area contributed by atoms with E-state index in [1.54, 1.807) is 0 Å². The zero-order chi connectivity index (χ0) is 18.6. The first-order valence-electron chi connectivity index (χ1n) is 8.13. The number of aromatic amines is 1. The molecule has 0 spiro atoms. The first-order valence-corrected chi connectivity index (χ1v) is 8.13. The van der Waals surface area contributed by atoms with Crippen molar-refractivity contribution in [3.05, 3.63) is 66.2 Å². The van der Waals surface area contributed by atoms with Crippen LogP contribution in [0.4, 0.5) is 17.3 Å². The molecule has 0 amide bonds. The zero-order valence-electron chi connectivity index (χ0n) is 14.1. The average molecular weight is 354 g/mol. The van der Waals surface area contributed by atoms with Gasteiger partial charge in [-0.3, -0.25) is 0 Å². The summed E-state index contributed by atoms with van der Waals surface area (Å²) in [7, 11) is 0. The normalized spacial score (nSPS) is 10.3. The van der Waals surface area contributed by atoms with Crippen LogP contribution in [0.15, 0.2) is 60.7 Å². The molecular formula is C19H14N8. The van der Waals surface area contributed by atoms with Crippen LogP contribution in [0.2, 0.25) is 0 Å². The number of para-hydroxylation sites is 1. The Morgan fingerprint density at radius 2 is 1.67 bits per heavy atom. The number of anilines is 3. The SMILES string of the molecule is N#Cc1c(Nc2ccccc2)nc(N)c(-c2nn[nH]n2)c1-c1ccccc1. The van der Waals surface area contributed by atoms with Crippen molar-refractivity contribution in [2.75, 3.05) is 11.1 Å². The second-order valence-electron chi connectivity index (χ2n) is 5.67. The molecule has 0 atom stereocenters. The fraction of sp³-hybridized carbons (Fsp3) is 0. The number of hydrogen-bond acceptors (Lipinski definition) is 7. The monoisotopic (exact) mass is 354 g/mol. The second kappa shape index (κ2) is 6.93. The molecule has 0 saturated carbocycles. The number of hydrogen-bond donors (Lipinski definition) is 3. The lowest BCUT2D eigenvalue weighted by molar-refractivity contribution is 0.881. The van der Waals surface area contributed by atoms with Crippen LogP contribution in [-0.2, 0) is 0 Å². The van der Waals surface area contributed by atoms with E-state index in [2.05, 4.69) is 37.0 Å². The van der Waals surface area contributed by atoms with E-state index in [1.165, 1.54) is 0 Å². The molecule has 130 valence electrons. The molecule has 2 aromatic heterocycles. The fourth-order valence-corrected chi connectivity index (χ4v) is 2.85. The molecule has 4 rings (SSSR count). The molecule has 8 nitrogen and oxygen atoms in total. The third-order valence-corrected chi connectivity index (χ3v) is 4.00. The predicted molar refractivity (Wildman–Crippen MR) is 102 cm³/mol. The number of nitrogen functional groups attached to an aromatic ring is 1. The first kappa shape index (κ1) is 16.2. The number of nitrogens with two attached hydrogens (primary N) is 1. The maximum atomic E-state index is 9.92. The number of benzene rings is 2. The molecule has 27 heavy (non-hydrogen) atoms. The van der Waals surface area contributed by atoms with Gasteiger partial charge in [0, 0.05) is 11.3 Å². The number of aromatic nitrogens is 5. The Labute approximate surface area is 154 Å². The average Bonchev–Trinajstić information content (AvgIpc) is 3.23. The summed E-state index contributed by atoms with van der Waals surface area (Å²) in [4.78, 5) is 4.40. The summed E-state index contributed by atoms with van der Waals surface area (Å²) in [5.41, 5.74) is 9.26. The number of rotatable bonds is 4. The van der Waals surface area contributed by atoms with E-state index in [4.69, 9.17) is 5.73 Å². The second-order valence-corrected chi connectivity index (χ2v) is 5.67. The van der Waals surface area contributed by atoms with Crippen LogP contribution < -0.4 is 11.1 Å². The van der Waals surface area contributed by atoms with Crippen molar-refractivity contribution in [2.24, 2.45) is 0 Å². The van der Waals surface area contributed by atoms with Crippen molar-refractivity contribution >= 4 is 17.3 Å². The molecule has 0 fully saturated rings. The minimum Gasteiger partial charge on any atom is -0.383 e. The summed E-state index contributed by atoms with van der Waals surface area (Å²) in [6.07, 6.45) is 0. The molecule has 0 aliphatic heterocycles. The van der Waals surface area contributed by atoms with Crippen LogP contribution in [0.3, 0.4) is 0 Å². The van der Waals surface area contributed by atoms with Crippen molar-refractivity contribution in [2.45, 2.75) is 0 Å². The van der Waals surface area contributed by atoms with Gasteiger partial charge in [-0.05, 0) is 22.9 Å². The summed E-state index contributed by atoms with van der Waals surface area (Å²) >= 11 is 0. The Hall–Kier alpha value is -4.25. The Balaban J connectivity index is 1.99. The predicted octanol–water partition coefficient (Wildman–Crippen LogP) is 3.13. The van der Waals surface area contributed by atoms with Gasteiger partial charge in [0.25, 0.3) is 0 Å². The number of H-pyrrole nitrogens is 1. The van der Waals surface area contributed by atoms with Gasteiger partial charge in [-0.25, -0.2) is 4.98 Å². The van der Waals surface area contributed by atoms with Crippen LogP contribution in [0, 0.1) is 11.3 Å². The van der Waals surface area contributed by atoms with Crippen molar-refractivity contribution in [3.63, 3.8) is 0 Å². The van der Waals surface area contributed by atoms with Crippen molar-refractivity contribution in [1.82, 2.24) is 25.6 Å². The maximum absolute atomic E-state index is 9.92. The number of nitrogens with one attached hydrogen (secondary N) is 2. The van der Waals surface area contributed by atoms with Gasteiger partial charge in [0.1, 0.15) is 17.5 Å². The molecule has 4 N–H and O–H groups in total. The molecular weight excluding hydrogens is 340 g/mol. The summed E-state index contributed by atoms with van der Waals surface area (Å²) < 4.78 is 0. The van der Waals surface area contributed by atoms with Crippen molar-refractivity contribution in [1.29, 1.82) is 5.26 Å². The minimum atomic E-state index is 0.202. The lowest BCUT2D eigenvalue weighted by atomic mass is 9.95. The Kier molecular flexibility index (Phi) is 4.17. The van der Waals surface area contributed by atoms with Crippen LogP contribution >= 0.6 is 0 Å². The van der Waals surface area contributed by atoms with E-state index in [0.29, 0.717) is 22.5 Å². The lowest BCUT2D eigenvalue weighted by Gasteiger charge is -2.16. The molecule has 0 unspecified atom stereocenters. The van der Waals surface area contributed by atoms with E-state index in [-0.39, 0.29) is 11.6 Å². The number of nitriles is 1. The van der Waals surface area contributed by atoms with Gasteiger partial charge in [-0.1, -0.05) is 48.5 Å². The molecule has 0 aliphatic rings. The maximum Gasteiger partial charge on any atom is 0.209 e. The van der Waals surface area contributed by atoms with Gasteiger partial charge >= 0.3 is 0 Å². The lowest BCUT2D eigenvalue weighted by Crippen LogP contribution is -2.06. The van der Waals surface area contributed by atoms with E-state index < -0.39 is 0 Å². The van der Waals surface area contributed by atoms with E-state index in [1.807, 2.05) is 60.7 Å². The van der Waals surface area contributed by atoms with E-state index >= 15 is 0 Å². The highest BCUT2D eigenvalue weighted by atomic mass is 15.5. The standard InChI is InChI=1S/C19H14N8/c20-11-14-15(12-7-3-1-4-8-12)16(19-24-26-27-25-19)17(21)23-18(14)22-13-9-5-2-6-10-13/h1-10H,(H3,21,22,23)(H,24,25,26,27). The topological polar surface area (TPSA) is 129 Å². The number of pyridine rings is 1. The van der Waals surface area contributed by atoms with Gasteiger partial charge in [-0.15, -0.1) is 10.2 Å². The number of nitrogens with zero attached hydrogens (tertiary/aromatic N) is 5. The molecule has 0 radical (unpaired) electrons. The molecule has 8 heteroatoms. The molecule has 0 bridgehead atoms. The molecule has 2 heterocycles. The molecule has 0 aliphatic carbocycles. The highest BCUT2D eigenvalue weighted by molar-refractivity contribution is 5.93. The largest absolute Gasteiger partial charge is 0.383 e. The smallest absolute Gasteiger partial charge is 0.209 e. The fourth-order valence-electron chi connectivity index (χ4n) is 2.85. The van der Waals surface area contributed by atoms with Crippen LogP contribution in [0.25, 0.3) is 22.5 Å². The van der Waals surface area contributed by atoms with Gasteiger partial charge < -0.3 is 11.1 Å². The van der Waals surface area contributed by atoms with Crippen molar-refractivity contribution < 1.29 is 0 Å². The van der Waals surface area contributed by atoms with Crippen LogP contribution in [-0.4, -0.2) is 25.6 Å². The first-order chi connectivity index (χ1) is 13.3. The molecule has 0 saturated heterocycles. The highest BCUT2D eigenvalue weighted by Crippen LogP contribution is 2.39. The van der Waals surface area contributed by atoms with Gasteiger partial charge in [0.15, 0.2) is 5.82 Å². The summed E-state index contributed by atoms with van der Waals surface area (Å²) in [6.45, 7) is 0. The summed E-state index contributed by atoms with van der Waals surface area (Å²) in [5.74, 6) is 0.849. The Morgan fingerprint density at radius 3 is 2.30 bits per heavy atom. The third-order valence-electron chi connectivity index (χ3n) is 4.00. The van der Waals surface area contributed by atoms with E-state index in [0.717, 1.165) is 11.3 Å². The van der Waals surface area contributed by atoms with Crippen molar-refractivity contribution in [3.8, 4) is 28.6 Å². The van der Waals surface area contributed by atoms with Crippen LogP contribution in [0.5, 0.6) is 0 Å². The highest BCUT2D eigenvalue weighted by Gasteiger charge is 2.23. The van der Waals surface area contributed by atoms with Gasteiger partial charge in [-0.2, -0.15) is 10.5 Å². The quantitative estimate of drug-likeness (QED) is 0.513. The molecule has 2 aromatic carbocycles. The van der Waals surface area contributed by atoms with Gasteiger partial charge in [0.2, 0.25) is 5.82 Å². The summed E-state index contributed by atoms with van der Waals surface area (Å²) in [5, 5.41) is 27.2. The van der Waals surface area contributed by atoms with Gasteiger partial charge in [0.05, 0.1) is 5.56 Å². The van der Waals surface area contributed by atoms with E-state index in [9.17, 15) is 5.26 Å².